The van der Waals surface area contributed by atoms with Gasteiger partial charge in [-0.2, -0.15) is 0 Å². The number of nitrogens with zero attached hydrogens (tertiary/aromatic N) is 1. The maximum Gasteiger partial charge on any atom is 0.229 e. The number of amides is 1. The summed E-state index contributed by atoms with van der Waals surface area (Å²) in [6, 6.07) is -0.188. The SMILES string of the molecule is CC(O)CCN(C)C(=O)C1COCC1N. The second-order valence-electron chi connectivity index (χ2n) is 4.21. The Hall–Kier alpha value is -0.650. The number of hydrogen-bond acceptors (Lipinski definition) is 4. The van der Waals surface area contributed by atoms with Gasteiger partial charge in [0.25, 0.3) is 0 Å². The molecular formula is C10H20N2O3. The number of ether oxygens (including phenoxy) is 1. The van der Waals surface area contributed by atoms with Gasteiger partial charge < -0.3 is 20.5 Å². The molecule has 1 amide bonds. The smallest absolute Gasteiger partial charge is 0.229 e. The van der Waals surface area contributed by atoms with Crippen LogP contribution < -0.4 is 5.73 Å². The molecule has 88 valence electrons. The first-order valence-corrected chi connectivity index (χ1v) is 5.28. The fourth-order valence-corrected chi connectivity index (χ4v) is 1.60. The number of aliphatic hydroxyl groups excluding tert-OH is 1. The molecule has 0 spiro atoms. The molecule has 0 aromatic heterocycles. The van der Waals surface area contributed by atoms with Crippen molar-refractivity contribution in [1.82, 2.24) is 4.90 Å². The summed E-state index contributed by atoms with van der Waals surface area (Å²) in [5.41, 5.74) is 5.75. The maximum absolute atomic E-state index is 11.9. The normalized spacial score (nSPS) is 27.7. The molecule has 1 fully saturated rings. The van der Waals surface area contributed by atoms with E-state index in [1.54, 1.807) is 18.9 Å². The minimum atomic E-state index is -0.381. The van der Waals surface area contributed by atoms with Crippen molar-refractivity contribution < 1.29 is 14.6 Å². The molecule has 15 heavy (non-hydrogen) atoms. The molecular weight excluding hydrogens is 196 g/mol. The first kappa shape index (κ1) is 12.4. The standard InChI is InChI=1S/C10H20N2O3/c1-7(13)3-4-12(2)10(14)8-5-15-6-9(8)11/h7-9,13H,3-6,11H2,1-2H3. The molecule has 1 heterocycles. The third-order valence-corrected chi connectivity index (χ3v) is 2.70. The summed E-state index contributed by atoms with van der Waals surface area (Å²) in [7, 11) is 1.73. The minimum Gasteiger partial charge on any atom is -0.393 e. The molecule has 1 saturated heterocycles. The van der Waals surface area contributed by atoms with Gasteiger partial charge in [-0.05, 0) is 13.3 Å². The third kappa shape index (κ3) is 3.44. The van der Waals surface area contributed by atoms with Gasteiger partial charge in [0.05, 0.1) is 25.2 Å². The van der Waals surface area contributed by atoms with Gasteiger partial charge in [-0.1, -0.05) is 0 Å². The predicted molar refractivity (Wildman–Crippen MR) is 56.2 cm³/mol. The van der Waals surface area contributed by atoms with E-state index in [1.807, 2.05) is 0 Å². The van der Waals surface area contributed by atoms with E-state index in [0.717, 1.165) is 0 Å². The van der Waals surface area contributed by atoms with Crippen molar-refractivity contribution in [3.8, 4) is 0 Å². The average Bonchev–Trinajstić information content (AvgIpc) is 2.59. The van der Waals surface area contributed by atoms with Crippen molar-refractivity contribution in [3.63, 3.8) is 0 Å². The lowest BCUT2D eigenvalue weighted by Crippen LogP contribution is -2.42. The Labute approximate surface area is 90.2 Å². The van der Waals surface area contributed by atoms with Gasteiger partial charge in [0.2, 0.25) is 5.91 Å². The highest BCUT2D eigenvalue weighted by molar-refractivity contribution is 5.79. The monoisotopic (exact) mass is 216 g/mol. The summed E-state index contributed by atoms with van der Waals surface area (Å²) in [6.07, 6.45) is 0.208. The molecule has 3 unspecified atom stereocenters. The van der Waals surface area contributed by atoms with E-state index in [0.29, 0.717) is 26.2 Å². The van der Waals surface area contributed by atoms with Crippen LogP contribution in [-0.2, 0) is 9.53 Å². The molecule has 0 aromatic rings. The Kier molecular flexibility index (Phi) is 4.50. The van der Waals surface area contributed by atoms with E-state index in [9.17, 15) is 4.79 Å². The molecule has 1 aliphatic rings. The largest absolute Gasteiger partial charge is 0.393 e. The van der Waals surface area contributed by atoms with Crippen LogP contribution in [0.3, 0.4) is 0 Å². The number of hydrogen-bond donors (Lipinski definition) is 2. The van der Waals surface area contributed by atoms with E-state index in [4.69, 9.17) is 15.6 Å². The van der Waals surface area contributed by atoms with Gasteiger partial charge in [-0.3, -0.25) is 4.79 Å². The van der Waals surface area contributed by atoms with Gasteiger partial charge in [0.1, 0.15) is 0 Å². The van der Waals surface area contributed by atoms with Crippen molar-refractivity contribution >= 4 is 5.91 Å². The van der Waals surface area contributed by atoms with Crippen molar-refractivity contribution in [2.75, 3.05) is 26.8 Å². The fourth-order valence-electron chi connectivity index (χ4n) is 1.60. The van der Waals surface area contributed by atoms with Crippen LogP contribution in [0.25, 0.3) is 0 Å². The van der Waals surface area contributed by atoms with Crippen LogP contribution in [0.2, 0.25) is 0 Å². The number of carbonyl (C=O) groups excluding carboxylic acids is 1. The van der Waals surface area contributed by atoms with Crippen molar-refractivity contribution in [2.24, 2.45) is 11.7 Å². The number of rotatable bonds is 4. The van der Waals surface area contributed by atoms with Crippen molar-refractivity contribution in [3.05, 3.63) is 0 Å². The molecule has 0 saturated carbocycles. The fraction of sp³-hybridized carbons (Fsp3) is 0.900. The van der Waals surface area contributed by atoms with Gasteiger partial charge in [0.15, 0.2) is 0 Å². The lowest BCUT2D eigenvalue weighted by Gasteiger charge is -2.22. The van der Waals surface area contributed by atoms with Gasteiger partial charge in [-0.25, -0.2) is 0 Å². The van der Waals surface area contributed by atoms with Crippen LogP contribution in [0, 0.1) is 5.92 Å². The summed E-state index contributed by atoms with van der Waals surface area (Å²) < 4.78 is 5.14. The summed E-state index contributed by atoms with van der Waals surface area (Å²) >= 11 is 0. The van der Waals surface area contributed by atoms with Crippen LogP contribution in [0.1, 0.15) is 13.3 Å². The zero-order valence-corrected chi connectivity index (χ0v) is 9.35. The van der Waals surface area contributed by atoms with Crippen LogP contribution in [0.5, 0.6) is 0 Å². The highest BCUT2D eigenvalue weighted by Gasteiger charge is 2.33. The van der Waals surface area contributed by atoms with Crippen LogP contribution in [0.15, 0.2) is 0 Å². The van der Waals surface area contributed by atoms with E-state index < -0.39 is 0 Å². The molecule has 0 radical (unpaired) electrons. The molecule has 3 N–H and O–H groups in total. The first-order chi connectivity index (χ1) is 7.02. The van der Waals surface area contributed by atoms with Crippen LogP contribution in [0.4, 0.5) is 0 Å². The lowest BCUT2D eigenvalue weighted by molar-refractivity contribution is -0.134. The van der Waals surface area contributed by atoms with Crippen molar-refractivity contribution in [2.45, 2.75) is 25.5 Å². The zero-order chi connectivity index (χ0) is 11.4. The van der Waals surface area contributed by atoms with Crippen LogP contribution in [-0.4, -0.2) is 54.9 Å². The predicted octanol–water partition coefficient (Wildman–Crippen LogP) is -0.811. The number of aliphatic hydroxyl groups is 1. The lowest BCUT2D eigenvalue weighted by atomic mass is 10.0. The topological polar surface area (TPSA) is 75.8 Å². The minimum absolute atomic E-state index is 0.0145. The third-order valence-electron chi connectivity index (χ3n) is 2.70. The molecule has 0 bridgehead atoms. The molecule has 0 aromatic carbocycles. The van der Waals surface area contributed by atoms with Gasteiger partial charge >= 0.3 is 0 Å². The molecule has 3 atom stereocenters. The number of carbonyl (C=O) groups is 1. The van der Waals surface area contributed by atoms with E-state index >= 15 is 0 Å². The average molecular weight is 216 g/mol. The van der Waals surface area contributed by atoms with E-state index in [2.05, 4.69) is 0 Å². The highest BCUT2D eigenvalue weighted by atomic mass is 16.5. The zero-order valence-electron chi connectivity index (χ0n) is 9.35. The second kappa shape index (κ2) is 5.44. The Morgan fingerprint density at radius 3 is 2.80 bits per heavy atom. The molecule has 1 rings (SSSR count). The number of nitrogens with two attached hydrogens (primary N) is 1. The van der Waals surface area contributed by atoms with Crippen LogP contribution >= 0.6 is 0 Å². The summed E-state index contributed by atoms with van der Waals surface area (Å²) in [5.74, 6) is -0.204. The quantitative estimate of drug-likeness (QED) is 0.644. The molecule has 5 nitrogen and oxygen atoms in total. The Bertz CT molecular complexity index is 221. The summed E-state index contributed by atoms with van der Waals surface area (Å²) in [4.78, 5) is 13.5. The summed E-state index contributed by atoms with van der Waals surface area (Å²) in [5, 5.41) is 9.11. The second-order valence-corrected chi connectivity index (χ2v) is 4.21. The van der Waals surface area contributed by atoms with Gasteiger partial charge in [-0.15, -0.1) is 0 Å². The van der Waals surface area contributed by atoms with E-state index in [-0.39, 0.29) is 24.0 Å². The van der Waals surface area contributed by atoms with Gasteiger partial charge in [0, 0.05) is 19.6 Å². The molecule has 0 aliphatic carbocycles. The van der Waals surface area contributed by atoms with E-state index in [1.165, 1.54) is 0 Å². The highest BCUT2D eigenvalue weighted by Crippen LogP contribution is 2.14. The summed E-state index contributed by atoms with van der Waals surface area (Å²) in [6.45, 7) is 3.14. The molecule has 1 aliphatic heterocycles. The van der Waals surface area contributed by atoms with Crippen molar-refractivity contribution in [1.29, 1.82) is 0 Å². The Morgan fingerprint density at radius 1 is 1.67 bits per heavy atom. The Morgan fingerprint density at radius 2 is 2.33 bits per heavy atom. The first-order valence-electron chi connectivity index (χ1n) is 5.28. The molecule has 5 heteroatoms. The Balaban J connectivity index is 2.38. The maximum atomic E-state index is 11.9.